The molecule has 0 radical (unpaired) electrons. The maximum absolute atomic E-state index is 12.8. The summed E-state index contributed by atoms with van der Waals surface area (Å²) in [7, 11) is 1.34. The molecule has 128 valence electrons. The van der Waals surface area contributed by atoms with E-state index in [1.807, 2.05) is 6.07 Å². The second-order valence-corrected chi connectivity index (χ2v) is 5.41. The van der Waals surface area contributed by atoms with Crippen LogP contribution in [-0.2, 0) is 13.2 Å². The number of nitrogens with zero attached hydrogens (tertiary/aromatic N) is 3. The van der Waals surface area contributed by atoms with Gasteiger partial charge >= 0.3 is 11.2 Å². The fourth-order valence-electron chi connectivity index (χ4n) is 2.43. The summed E-state index contributed by atoms with van der Waals surface area (Å²) in [5.74, 6) is -0.157. The largest absolute Gasteiger partial charge is 0.476 e. The molecule has 0 aliphatic carbocycles. The molecule has 1 aromatic heterocycles. The van der Waals surface area contributed by atoms with Gasteiger partial charge < -0.3 is 9.84 Å². The second kappa shape index (κ2) is 7.14. The zero-order chi connectivity index (χ0) is 17.8. The van der Waals surface area contributed by atoms with Crippen molar-refractivity contribution < 1.29 is 9.84 Å². The van der Waals surface area contributed by atoms with E-state index in [9.17, 15) is 9.59 Å². The normalized spacial score (nSPS) is 10.6. The Kier molecular flexibility index (Phi) is 4.76. The van der Waals surface area contributed by atoms with E-state index in [1.165, 1.54) is 7.11 Å². The molecule has 1 N–H and O–H groups in total. The summed E-state index contributed by atoms with van der Waals surface area (Å²) >= 11 is 0. The number of aromatic nitrogens is 3. The molecule has 0 bridgehead atoms. The Morgan fingerprint density at radius 1 is 1.00 bits per heavy atom. The van der Waals surface area contributed by atoms with Gasteiger partial charge in [0.15, 0.2) is 0 Å². The lowest BCUT2D eigenvalue weighted by Crippen LogP contribution is -2.41. The molecule has 0 spiro atoms. The molecule has 2 aromatic carbocycles. The average molecular weight is 339 g/mol. The van der Waals surface area contributed by atoms with Gasteiger partial charge in [0.25, 0.3) is 5.88 Å². The third kappa shape index (κ3) is 3.36. The molecule has 0 saturated carbocycles. The molecule has 25 heavy (non-hydrogen) atoms. The standard InChI is InChI=1S/C18H17N3O4/c1-25-16-17(23)20(11-13-7-9-14(12-22)10-8-13)18(24)21(19-16)15-5-3-2-4-6-15/h2-10,22H,11-12H2,1H3. The fourth-order valence-corrected chi connectivity index (χ4v) is 2.43. The van der Waals surface area contributed by atoms with Gasteiger partial charge in [-0.25, -0.2) is 9.36 Å². The van der Waals surface area contributed by atoms with Gasteiger partial charge in [-0.2, -0.15) is 4.68 Å². The predicted molar refractivity (Wildman–Crippen MR) is 92.1 cm³/mol. The number of benzene rings is 2. The van der Waals surface area contributed by atoms with E-state index in [0.29, 0.717) is 5.69 Å². The van der Waals surface area contributed by atoms with Crippen molar-refractivity contribution in [2.75, 3.05) is 7.11 Å². The van der Waals surface area contributed by atoms with Crippen molar-refractivity contribution in [2.45, 2.75) is 13.2 Å². The van der Waals surface area contributed by atoms with Crippen molar-refractivity contribution in [3.05, 3.63) is 86.6 Å². The minimum atomic E-state index is -0.592. The molecule has 1 heterocycles. The summed E-state index contributed by atoms with van der Waals surface area (Å²) < 4.78 is 7.26. The molecule has 3 rings (SSSR count). The van der Waals surface area contributed by atoms with Gasteiger partial charge in [-0.1, -0.05) is 42.5 Å². The number of hydrogen-bond acceptors (Lipinski definition) is 5. The highest BCUT2D eigenvalue weighted by Gasteiger charge is 2.15. The summed E-state index contributed by atoms with van der Waals surface area (Å²) in [6.45, 7) is 0.0131. The van der Waals surface area contributed by atoms with Gasteiger partial charge in [-0.3, -0.25) is 4.79 Å². The first-order chi connectivity index (χ1) is 12.1. The number of para-hydroxylation sites is 1. The smallest absolute Gasteiger partial charge is 0.352 e. The molecule has 0 atom stereocenters. The number of aliphatic hydroxyl groups excluding tert-OH is 1. The third-order valence-electron chi connectivity index (χ3n) is 3.77. The van der Waals surface area contributed by atoms with Gasteiger partial charge in [0, 0.05) is 0 Å². The molecule has 0 aliphatic heterocycles. The number of methoxy groups -OCH3 is 1. The van der Waals surface area contributed by atoms with Gasteiger partial charge in [0.1, 0.15) is 0 Å². The second-order valence-electron chi connectivity index (χ2n) is 5.41. The lowest BCUT2D eigenvalue weighted by molar-refractivity contribution is 0.282. The number of ether oxygens (including phenoxy) is 1. The van der Waals surface area contributed by atoms with E-state index in [-0.39, 0.29) is 19.0 Å². The van der Waals surface area contributed by atoms with Crippen LogP contribution in [0, 0.1) is 0 Å². The zero-order valence-electron chi connectivity index (χ0n) is 13.6. The molecule has 0 aliphatic rings. The van der Waals surface area contributed by atoms with Crippen LogP contribution in [0.5, 0.6) is 5.88 Å². The Labute approximate surface area is 143 Å². The molecule has 0 unspecified atom stereocenters. The molecule has 3 aromatic rings. The van der Waals surface area contributed by atoms with Crippen molar-refractivity contribution >= 4 is 0 Å². The van der Waals surface area contributed by atoms with Crippen LogP contribution in [0.2, 0.25) is 0 Å². The molecule has 0 amide bonds. The van der Waals surface area contributed by atoms with Crippen LogP contribution >= 0.6 is 0 Å². The number of hydrogen-bond donors (Lipinski definition) is 1. The third-order valence-corrected chi connectivity index (χ3v) is 3.77. The van der Waals surface area contributed by atoms with Crippen LogP contribution in [0.15, 0.2) is 64.2 Å². The number of rotatable bonds is 5. The SMILES string of the molecule is COc1nn(-c2ccccc2)c(=O)n(Cc2ccc(CO)cc2)c1=O. The van der Waals surface area contributed by atoms with Gasteiger partial charge in [-0.15, -0.1) is 5.10 Å². The summed E-state index contributed by atoms with van der Waals surface area (Å²) in [5.41, 5.74) is 0.902. The van der Waals surface area contributed by atoms with E-state index >= 15 is 0 Å². The highest BCUT2D eigenvalue weighted by atomic mass is 16.5. The van der Waals surface area contributed by atoms with Crippen LogP contribution in [-0.4, -0.2) is 26.6 Å². The predicted octanol–water partition coefficient (Wildman–Crippen LogP) is 0.943. The Morgan fingerprint density at radius 3 is 2.24 bits per heavy atom. The molecular formula is C18H17N3O4. The molecule has 0 saturated heterocycles. The van der Waals surface area contributed by atoms with Crippen LogP contribution in [0.25, 0.3) is 5.69 Å². The van der Waals surface area contributed by atoms with E-state index in [1.54, 1.807) is 48.5 Å². The highest BCUT2D eigenvalue weighted by molar-refractivity contribution is 5.30. The van der Waals surface area contributed by atoms with E-state index in [2.05, 4.69) is 5.10 Å². The Hall–Kier alpha value is -3.19. The van der Waals surface area contributed by atoms with Crippen LogP contribution in [0.3, 0.4) is 0 Å². The minimum absolute atomic E-state index is 0.0654. The Bertz CT molecular complexity index is 976. The first-order valence-electron chi connectivity index (χ1n) is 7.66. The maximum Gasteiger partial charge on any atom is 0.352 e. The summed E-state index contributed by atoms with van der Waals surface area (Å²) in [6.07, 6.45) is 0. The lowest BCUT2D eigenvalue weighted by atomic mass is 10.1. The lowest BCUT2D eigenvalue weighted by Gasteiger charge is -2.11. The first kappa shape index (κ1) is 16.7. The van der Waals surface area contributed by atoms with E-state index < -0.39 is 11.2 Å². The monoisotopic (exact) mass is 339 g/mol. The summed E-state index contributed by atoms with van der Waals surface area (Å²) in [6, 6.07) is 15.8. The Morgan fingerprint density at radius 2 is 1.64 bits per heavy atom. The minimum Gasteiger partial charge on any atom is -0.476 e. The summed E-state index contributed by atoms with van der Waals surface area (Å²) in [5, 5.41) is 13.1. The molecule has 7 heteroatoms. The first-order valence-corrected chi connectivity index (χ1v) is 7.66. The van der Waals surface area contributed by atoms with Crippen molar-refractivity contribution in [1.82, 2.24) is 14.3 Å². The highest BCUT2D eigenvalue weighted by Crippen LogP contribution is 2.07. The van der Waals surface area contributed by atoms with Crippen LogP contribution < -0.4 is 16.0 Å². The fraction of sp³-hybridized carbons (Fsp3) is 0.167. The van der Waals surface area contributed by atoms with Crippen molar-refractivity contribution in [1.29, 1.82) is 0 Å². The Balaban J connectivity index is 2.11. The van der Waals surface area contributed by atoms with Crippen LogP contribution in [0.4, 0.5) is 0 Å². The molecular weight excluding hydrogens is 322 g/mol. The quantitative estimate of drug-likeness (QED) is 0.748. The molecule has 0 fully saturated rings. The topological polar surface area (TPSA) is 86.3 Å². The van der Waals surface area contributed by atoms with Crippen molar-refractivity contribution in [3.8, 4) is 11.6 Å². The maximum atomic E-state index is 12.8. The van der Waals surface area contributed by atoms with Crippen LogP contribution in [0.1, 0.15) is 11.1 Å². The van der Waals surface area contributed by atoms with Crippen molar-refractivity contribution in [3.63, 3.8) is 0 Å². The average Bonchev–Trinajstić information content (AvgIpc) is 2.66. The summed E-state index contributed by atoms with van der Waals surface area (Å²) in [4.78, 5) is 25.2. The zero-order valence-corrected chi connectivity index (χ0v) is 13.6. The van der Waals surface area contributed by atoms with E-state index in [0.717, 1.165) is 20.4 Å². The van der Waals surface area contributed by atoms with Gasteiger partial charge in [-0.05, 0) is 23.3 Å². The van der Waals surface area contributed by atoms with Gasteiger partial charge in [0.05, 0.1) is 25.9 Å². The van der Waals surface area contributed by atoms with E-state index in [4.69, 9.17) is 9.84 Å². The van der Waals surface area contributed by atoms with Gasteiger partial charge in [0.2, 0.25) is 0 Å². The molecule has 7 nitrogen and oxygen atoms in total. The number of aliphatic hydroxyl groups is 1. The van der Waals surface area contributed by atoms with Crippen molar-refractivity contribution in [2.24, 2.45) is 0 Å².